The molecule has 2 atom stereocenters. The van der Waals surface area contributed by atoms with Gasteiger partial charge in [0.15, 0.2) is 0 Å². The standard InChI is InChI=1S/C31H34Cl2N6O5/c1-17-14-22-26(16-38(17)28(41)20-8-11-23(32)24(33)15-20)37-30(36-25(18-4-5-18)12-13-44-31(43)35-3)39(29(22)42)21-9-6-19(7-10-21)27(40)34-2/h6-11,15,17-18,25H,4-5,12-14,16H2,1-3H3,(H,34,40)(H,35,43)(H,36,37)/t17-,25+/m1/s1. The van der Waals surface area contributed by atoms with Gasteiger partial charge in [-0.3, -0.25) is 14.4 Å². The average molecular weight is 642 g/mol. The van der Waals surface area contributed by atoms with Gasteiger partial charge in [0.25, 0.3) is 17.4 Å². The van der Waals surface area contributed by atoms with Gasteiger partial charge in [0.1, 0.15) is 0 Å². The number of nitrogens with zero attached hydrogens (tertiary/aromatic N) is 3. The van der Waals surface area contributed by atoms with Crippen LogP contribution in [0.15, 0.2) is 47.3 Å². The van der Waals surface area contributed by atoms with E-state index in [9.17, 15) is 19.2 Å². The fourth-order valence-electron chi connectivity index (χ4n) is 5.41. The van der Waals surface area contributed by atoms with E-state index >= 15 is 0 Å². The molecule has 2 heterocycles. The molecule has 2 aliphatic rings. The topological polar surface area (TPSA) is 135 Å². The molecule has 3 amide bonds. The number of halogens is 2. The number of carbonyl (C=O) groups excluding carboxylic acids is 3. The molecule has 11 nitrogen and oxygen atoms in total. The minimum Gasteiger partial charge on any atom is -0.449 e. The van der Waals surface area contributed by atoms with Crippen molar-refractivity contribution in [1.82, 2.24) is 25.1 Å². The third kappa shape index (κ3) is 6.68. The fourth-order valence-corrected chi connectivity index (χ4v) is 5.71. The van der Waals surface area contributed by atoms with Gasteiger partial charge in [-0.05, 0) is 74.6 Å². The minimum absolute atomic E-state index is 0.113. The second kappa shape index (κ2) is 13.3. The number of aromatic nitrogens is 2. The smallest absolute Gasteiger partial charge is 0.406 e. The van der Waals surface area contributed by atoms with Crippen LogP contribution in [0.2, 0.25) is 10.0 Å². The summed E-state index contributed by atoms with van der Waals surface area (Å²) in [6.07, 6.45) is 2.30. The molecule has 1 saturated carbocycles. The molecule has 232 valence electrons. The van der Waals surface area contributed by atoms with Crippen molar-refractivity contribution in [2.45, 2.75) is 51.2 Å². The zero-order chi connectivity index (χ0) is 31.5. The molecule has 1 aliphatic heterocycles. The molecule has 2 aromatic carbocycles. The summed E-state index contributed by atoms with van der Waals surface area (Å²) in [5.41, 5.74) is 2.15. The molecular weight excluding hydrogens is 607 g/mol. The van der Waals surface area contributed by atoms with Crippen molar-refractivity contribution in [1.29, 1.82) is 0 Å². The number of carbonyl (C=O) groups is 3. The summed E-state index contributed by atoms with van der Waals surface area (Å²) in [7, 11) is 3.05. The number of alkyl carbamates (subject to hydrolysis) is 1. The van der Waals surface area contributed by atoms with Crippen LogP contribution < -0.4 is 21.5 Å². The Morgan fingerprint density at radius 2 is 1.73 bits per heavy atom. The number of nitrogens with one attached hydrogen (secondary N) is 3. The van der Waals surface area contributed by atoms with Crippen molar-refractivity contribution in [3.05, 3.63) is 85.2 Å². The van der Waals surface area contributed by atoms with Crippen LogP contribution in [0.5, 0.6) is 0 Å². The van der Waals surface area contributed by atoms with Crippen molar-refractivity contribution in [3.8, 4) is 5.69 Å². The number of hydrogen-bond acceptors (Lipinski definition) is 7. The van der Waals surface area contributed by atoms with Gasteiger partial charge in [-0.1, -0.05) is 23.2 Å². The summed E-state index contributed by atoms with van der Waals surface area (Å²) in [6, 6.07) is 11.1. The third-order valence-electron chi connectivity index (χ3n) is 8.03. The maximum Gasteiger partial charge on any atom is 0.406 e. The molecule has 3 N–H and O–H groups in total. The Morgan fingerprint density at radius 1 is 1.02 bits per heavy atom. The summed E-state index contributed by atoms with van der Waals surface area (Å²) in [4.78, 5) is 58.1. The lowest BCUT2D eigenvalue weighted by Crippen LogP contribution is -2.46. The quantitative estimate of drug-likeness (QED) is 0.315. The van der Waals surface area contributed by atoms with E-state index in [4.69, 9.17) is 32.9 Å². The number of anilines is 1. The molecule has 44 heavy (non-hydrogen) atoms. The van der Waals surface area contributed by atoms with Crippen molar-refractivity contribution in [2.75, 3.05) is 26.0 Å². The maximum absolute atomic E-state index is 14.2. The summed E-state index contributed by atoms with van der Waals surface area (Å²) in [6.45, 7) is 2.21. The van der Waals surface area contributed by atoms with E-state index in [1.54, 1.807) is 48.3 Å². The number of fused-ring (bicyclic) bond motifs is 1. The first-order valence-electron chi connectivity index (χ1n) is 14.5. The predicted molar refractivity (Wildman–Crippen MR) is 168 cm³/mol. The molecule has 0 spiro atoms. The van der Waals surface area contributed by atoms with Crippen LogP contribution in [0.4, 0.5) is 10.7 Å². The summed E-state index contributed by atoms with van der Waals surface area (Å²) < 4.78 is 6.76. The zero-order valence-corrected chi connectivity index (χ0v) is 26.2. The highest BCUT2D eigenvalue weighted by molar-refractivity contribution is 6.42. The summed E-state index contributed by atoms with van der Waals surface area (Å²) in [5, 5.41) is 9.14. The Morgan fingerprint density at radius 3 is 2.36 bits per heavy atom. The Balaban J connectivity index is 1.52. The van der Waals surface area contributed by atoms with E-state index < -0.39 is 6.09 Å². The van der Waals surface area contributed by atoms with Gasteiger partial charge in [0.05, 0.1) is 34.6 Å². The van der Waals surface area contributed by atoms with E-state index in [1.165, 1.54) is 17.7 Å². The van der Waals surface area contributed by atoms with Gasteiger partial charge < -0.3 is 25.6 Å². The molecule has 0 bridgehead atoms. The number of hydrogen-bond donors (Lipinski definition) is 3. The van der Waals surface area contributed by atoms with Crippen LogP contribution in [0.3, 0.4) is 0 Å². The highest BCUT2D eigenvalue weighted by atomic mass is 35.5. The molecule has 13 heteroatoms. The van der Waals surface area contributed by atoms with Gasteiger partial charge in [-0.15, -0.1) is 0 Å². The van der Waals surface area contributed by atoms with Crippen LogP contribution >= 0.6 is 23.2 Å². The van der Waals surface area contributed by atoms with E-state index in [2.05, 4.69) is 16.0 Å². The molecule has 3 aromatic rings. The highest BCUT2D eigenvalue weighted by Crippen LogP contribution is 2.36. The summed E-state index contributed by atoms with van der Waals surface area (Å²) >= 11 is 12.2. The Hall–Kier alpha value is -4.09. The number of ether oxygens (including phenoxy) is 1. The Bertz CT molecular complexity index is 1640. The Labute approximate surface area is 264 Å². The molecule has 5 rings (SSSR count). The van der Waals surface area contributed by atoms with E-state index in [0.717, 1.165) is 12.8 Å². The molecule has 1 aromatic heterocycles. The van der Waals surface area contributed by atoms with E-state index in [1.807, 2.05) is 6.92 Å². The van der Waals surface area contributed by atoms with Gasteiger partial charge in [0.2, 0.25) is 5.95 Å². The number of benzene rings is 2. The first-order chi connectivity index (χ1) is 21.1. The molecule has 0 radical (unpaired) electrons. The normalized spacial score (nSPS) is 16.5. The monoisotopic (exact) mass is 640 g/mol. The maximum atomic E-state index is 14.2. The zero-order valence-electron chi connectivity index (χ0n) is 24.7. The van der Waals surface area contributed by atoms with Crippen LogP contribution in [-0.4, -0.2) is 65.1 Å². The Kier molecular flexibility index (Phi) is 9.45. The van der Waals surface area contributed by atoms with Gasteiger partial charge in [0, 0.05) is 49.3 Å². The number of rotatable bonds is 9. The van der Waals surface area contributed by atoms with Gasteiger partial charge >= 0.3 is 6.09 Å². The minimum atomic E-state index is -0.513. The first kappa shape index (κ1) is 31.3. The van der Waals surface area contributed by atoms with Crippen molar-refractivity contribution < 1.29 is 19.1 Å². The first-order valence-corrected chi connectivity index (χ1v) is 15.2. The molecule has 1 aliphatic carbocycles. The summed E-state index contributed by atoms with van der Waals surface area (Å²) in [5.74, 6) is 0.160. The van der Waals surface area contributed by atoms with Crippen molar-refractivity contribution >= 4 is 47.1 Å². The van der Waals surface area contributed by atoms with Crippen molar-refractivity contribution in [3.63, 3.8) is 0 Å². The molecule has 1 fully saturated rings. The largest absolute Gasteiger partial charge is 0.449 e. The SMILES string of the molecule is CNC(=O)OCC[C@H](Nc1nc2c(c(=O)n1-c1ccc(C(=O)NC)cc1)C[C@@H](C)N(C(=O)c1ccc(Cl)c(Cl)c1)C2)C1CC1. The molecule has 0 unspecified atom stereocenters. The van der Waals surface area contributed by atoms with Crippen LogP contribution in [0.25, 0.3) is 5.69 Å². The highest BCUT2D eigenvalue weighted by Gasteiger charge is 2.35. The van der Waals surface area contributed by atoms with Crippen molar-refractivity contribution in [2.24, 2.45) is 5.92 Å². The number of amides is 3. The second-order valence-corrected chi connectivity index (χ2v) is 11.8. The fraction of sp³-hybridized carbons (Fsp3) is 0.387. The lowest BCUT2D eigenvalue weighted by Gasteiger charge is -2.35. The third-order valence-corrected chi connectivity index (χ3v) is 8.77. The van der Waals surface area contributed by atoms with Gasteiger partial charge in [-0.25, -0.2) is 14.3 Å². The lowest BCUT2D eigenvalue weighted by molar-refractivity contribution is 0.0653. The van der Waals surface area contributed by atoms with E-state index in [-0.39, 0.29) is 47.6 Å². The van der Waals surface area contributed by atoms with Crippen LogP contribution in [-0.2, 0) is 17.7 Å². The molecular formula is C31H34Cl2N6O5. The van der Waals surface area contributed by atoms with E-state index in [0.29, 0.717) is 57.8 Å². The molecule has 0 saturated heterocycles. The lowest BCUT2D eigenvalue weighted by atomic mass is 9.98. The van der Waals surface area contributed by atoms with Crippen LogP contribution in [0.1, 0.15) is 58.2 Å². The average Bonchev–Trinajstić information content (AvgIpc) is 3.87. The van der Waals surface area contributed by atoms with Crippen LogP contribution in [0, 0.1) is 5.92 Å². The second-order valence-electron chi connectivity index (χ2n) is 11.0. The predicted octanol–water partition coefficient (Wildman–Crippen LogP) is 4.42. The van der Waals surface area contributed by atoms with Gasteiger partial charge in [-0.2, -0.15) is 0 Å².